The second-order valence-corrected chi connectivity index (χ2v) is 13.8. The van der Waals surface area contributed by atoms with Gasteiger partial charge in [-0.15, -0.1) is 5.10 Å². The van der Waals surface area contributed by atoms with Crippen LogP contribution in [0.4, 0.5) is 5.13 Å². The normalized spacial score (nSPS) is 13.1. The number of nitrogens with two attached hydrogens (primary N) is 1. The predicted molar refractivity (Wildman–Crippen MR) is 104 cm³/mol. The highest BCUT2D eigenvalue weighted by molar-refractivity contribution is 7.16. The largest absolute Gasteiger partial charge is 0.464 e. The Morgan fingerprint density at radius 2 is 1.80 bits per heavy atom. The monoisotopic (exact) mass is 380 g/mol. The summed E-state index contributed by atoms with van der Waals surface area (Å²) < 4.78 is 12.1. The molecule has 2 N–H and O–H groups in total. The highest BCUT2D eigenvalue weighted by Gasteiger charge is 2.42. The summed E-state index contributed by atoms with van der Waals surface area (Å²) >= 11 is 1.22. The van der Waals surface area contributed by atoms with E-state index in [4.69, 9.17) is 14.9 Å². The minimum absolute atomic E-state index is 0.154. The molecule has 0 bridgehead atoms. The van der Waals surface area contributed by atoms with Gasteiger partial charge in [0.2, 0.25) is 5.13 Å². The Bertz CT molecular complexity index is 708. The fourth-order valence-corrected chi connectivity index (χ4v) is 4.28. The second kappa shape index (κ2) is 7.01. The molecule has 0 aliphatic heterocycles. The molecule has 2 aromatic heterocycles. The van der Waals surface area contributed by atoms with Gasteiger partial charge in [0, 0.05) is 11.8 Å². The number of pyridine rings is 1. The van der Waals surface area contributed by atoms with Crippen LogP contribution < -0.4 is 10.5 Å². The van der Waals surface area contributed by atoms with Crippen molar-refractivity contribution < 1.29 is 9.16 Å². The van der Waals surface area contributed by atoms with Gasteiger partial charge in [0.05, 0.1) is 11.3 Å². The van der Waals surface area contributed by atoms with Crippen molar-refractivity contribution in [3.8, 4) is 5.19 Å². The molecule has 0 spiro atoms. The lowest BCUT2D eigenvalue weighted by Gasteiger charge is -2.42. The molecular formula is C17H28N4O2SSi. The van der Waals surface area contributed by atoms with Crippen molar-refractivity contribution in [3.63, 3.8) is 0 Å². The maximum atomic E-state index is 6.56. The number of nitrogen functional groups attached to an aromatic ring is 1. The molecule has 0 unspecified atom stereocenters. The van der Waals surface area contributed by atoms with E-state index in [2.05, 4.69) is 62.9 Å². The van der Waals surface area contributed by atoms with Crippen molar-refractivity contribution in [2.75, 3.05) is 5.73 Å². The lowest BCUT2D eigenvalue weighted by Crippen LogP contribution is -2.46. The van der Waals surface area contributed by atoms with Crippen LogP contribution in [0.3, 0.4) is 0 Å². The topological polar surface area (TPSA) is 83.2 Å². The molecule has 2 heterocycles. The Kier molecular flexibility index (Phi) is 5.55. The lowest BCUT2D eigenvalue weighted by molar-refractivity contribution is 0.0855. The first kappa shape index (κ1) is 19.8. The smallest absolute Gasteiger partial charge is 0.296 e. The number of rotatable bonds is 6. The minimum atomic E-state index is -1.88. The van der Waals surface area contributed by atoms with E-state index in [0.717, 1.165) is 11.3 Å². The number of nitrogens with zero attached hydrogens (tertiary/aromatic N) is 3. The molecule has 8 heteroatoms. The molecule has 0 saturated carbocycles. The van der Waals surface area contributed by atoms with Crippen molar-refractivity contribution in [2.45, 2.75) is 65.0 Å². The summed E-state index contributed by atoms with van der Waals surface area (Å²) in [5, 5.41) is 8.57. The zero-order valence-corrected chi connectivity index (χ0v) is 17.9. The van der Waals surface area contributed by atoms with E-state index in [-0.39, 0.29) is 5.04 Å². The maximum Gasteiger partial charge on any atom is 0.296 e. The number of hydrogen-bond acceptors (Lipinski definition) is 7. The van der Waals surface area contributed by atoms with Crippen molar-refractivity contribution >= 4 is 24.8 Å². The van der Waals surface area contributed by atoms with E-state index in [9.17, 15) is 0 Å². The number of ether oxygens (including phenoxy) is 1. The number of anilines is 1. The van der Waals surface area contributed by atoms with Gasteiger partial charge in [0.25, 0.3) is 5.19 Å². The third-order valence-electron chi connectivity index (χ3n) is 4.54. The van der Waals surface area contributed by atoms with E-state index in [1.165, 1.54) is 11.3 Å². The van der Waals surface area contributed by atoms with Crippen molar-refractivity contribution in [2.24, 2.45) is 0 Å². The van der Waals surface area contributed by atoms with Crippen LogP contribution in [0.5, 0.6) is 5.19 Å². The van der Waals surface area contributed by atoms with Gasteiger partial charge in [-0.25, -0.2) is 0 Å². The molecule has 0 fully saturated rings. The summed E-state index contributed by atoms with van der Waals surface area (Å²) in [7, 11) is -1.88. The van der Waals surface area contributed by atoms with E-state index in [0.29, 0.717) is 16.9 Å². The first-order valence-corrected chi connectivity index (χ1v) is 12.0. The Morgan fingerprint density at radius 3 is 2.28 bits per heavy atom. The van der Waals surface area contributed by atoms with Gasteiger partial charge in [-0.2, -0.15) is 0 Å². The van der Waals surface area contributed by atoms with E-state index in [1.807, 2.05) is 18.3 Å². The fourth-order valence-electron chi connectivity index (χ4n) is 2.13. The zero-order valence-electron chi connectivity index (χ0n) is 16.1. The molecule has 25 heavy (non-hydrogen) atoms. The zero-order chi connectivity index (χ0) is 18.9. The third kappa shape index (κ3) is 4.99. The molecule has 2 aromatic rings. The second-order valence-electron chi connectivity index (χ2n) is 8.12. The molecule has 0 amide bonds. The summed E-state index contributed by atoms with van der Waals surface area (Å²) in [6, 6.07) is 4.00. The maximum absolute atomic E-state index is 6.56. The van der Waals surface area contributed by atoms with Crippen LogP contribution >= 0.6 is 11.3 Å². The van der Waals surface area contributed by atoms with Gasteiger partial charge in [-0.05, 0) is 49.4 Å². The molecule has 0 saturated heterocycles. The quantitative estimate of drug-likeness (QED) is 0.750. The predicted octanol–water partition coefficient (Wildman–Crippen LogP) is 4.35. The average Bonchev–Trinajstić information content (AvgIpc) is 2.89. The van der Waals surface area contributed by atoms with Crippen molar-refractivity contribution in [1.29, 1.82) is 0 Å². The van der Waals surface area contributed by atoms with Crippen LogP contribution in [0.25, 0.3) is 0 Å². The molecule has 0 atom stereocenters. The van der Waals surface area contributed by atoms with Gasteiger partial charge in [0.1, 0.15) is 6.61 Å². The number of hydrogen-bond donors (Lipinski definition) is 1. The van der Waals surface area contributed by atoms with Crippen LogP contribution in [-0.2, 0) is 16.6 Å². The van der Waals surface area contributed by atoms with Crippen LogP contribution in [0.15, 0.2) is 18.3 Å². The Hall–Kier alpha value is -1.51. The third-order valence-corrected chi connectivity index (χ3v) is 9.84. The summed E-state index contributed by atoms with van der Waals surface area (Å²) in [5.41, 5.74) is 6.98. The Balaban J connectivity index is 2.05. The van der Waals surface area contributed by atoms with E-state index in [1.54, 1.807) is 0 Å². The lowest BCUT2D eigenvalue weighted by atomic mass is 10.0. The summed E-state index contributed by atoms with van der Waals surface area (Å²) in [6.45, 7) is 15.8. The molecule has 0 aliphatic carbocycles. The molecule has 0 radical (unpaired) electrons. The van der Waals surface area contributed by atoms with Crippen LogP contribution in [0.2, 0.25) is 18.1 Å². The molecule has 6 nitrogen and oxygen atoms in total. The molecule has 138 valence electrons. The van der Waals surface area contributed by atoms with Gasteiger partial charge >= 0.3 is 0 Å². The van der Waals surface area contributed by atoms with Crippen molar-refractivity contribution in [1.82, 2.24) is 15.2 Å². The molecule has 0 aliphatic rings. The fraction of sp³-hybridized carbons (Fsp3) is 0.588. The first-order chi connectivity index (χ1) is 11.4. The number of aromatic nitrogens is 3. The van der Waals surface area contributed by atoms with Gasteiger partial charge in [0.15, 0.2) is 8.32 Å². The molecule has 0 aromatic carbocycles. The van der Waals surface area contributed by atoms with E-state index < -0.39 is 13.9 Å². The van der Waals surface area contributed by atoms with Crippen LogP contribution in [-0.4, -0.2) is 23.5 Å². The minimum Gasteiger partial charge on any atom is -0.464 e. The van der Waals surface area contributed by atoms with Gasteiger partial charge in [-0.1, -0.05) is 31.9 Å². The average molecular weight is 381 g/mol. The van der Waals surface area contributed by atoms with Gasteiger partial charge < -0.3 is 14.9 Å². The highest BCUT2D eigenvalue weighted by atomic mass is 32.1. The Labute approximate surface area is 154 Å². The van der Waals surface area contributed by atoms with Gasteiger partial charge in [-0.3, -0.25) is 4.98 Å². The van der Waals surface area contributed by atoms with E-state index >= 15 is 0 Å². The summed E-state index contributed by atoms with van der Waals surface area (Å²) in [6.07, 6.45) is 1.82. The molecular weight excluding hydrogens is 352 g/mol. The van der Waals surface area contributed by atoms with Crippen molar-refractivity contribution in [3.05, 3.63) is 29.6 Å². The summed E-state index contributed by atoms with van der Waals surface area (Å²) in [4.78, 5) is 4.59. The van der Waals surface area contributed by atoms with Crippen LogP contribution in [0.1, 0.15) is 45.9 Å². The first-order valence-electron chi connectivity index (χ1n) is 8.28. The molecule has 2 rings (SSSR count). The standard InChI is InChI=1S/C17H28N4O2SSi/c1-16(2,3)25(6,7)23-17(4,5)13-9-8-12(10-19-13)11-22-15-21-20-14(18)24-15/h8-10H,11H2,1-7H3,(H2,18,20). The SMILES string of the molecule is CC(C)(O[Si](C)(C)C(C)(C)C)c1ccc(COc2nnc(N)s2)cn1. The highest BCUT2D eigenvalue weighted by Crippen LogP contribution is 2.41. The summed E-state index contributed by atoms with van der Waals surface area (Å²) in [5.74, 6) is 0. The van der Waals surface area contributed by atoms with Crippen LogP contribution in [0, 0.1) is 0 Å². The Morgan fingerprint density at radius 1 is 1.12 bits per heavy atom.